The average Bonchev–Trinajstić information content (AvgIpc) is 3.58. The molecule has 0 aliphatic heterocycles. The molecule has 0 saturated heterocycles. The van der Waals surface area contributed by atoms with Crippen LogP contribution in [0.2, 0.25) is 0 Å². The molecule has 0 spiro atoms. The zero-order valence-electron chi connectivity index (χ0n) is 28.1. The van der Waals surface area contributed by atoms with E-state index in [2.05, 4.69) is 84.7 Å². The van der Waals surface area contributed by atoms with Gasteiger partial charge in [0.25, 0.3) is 0 Å². The molecule has 3 aromatic rings. The maximum absolute atomic E-state index is 14.4. The van der Waals surface area contributed by atoms with Gasteiger partial charge < -0.3 is 20.1 Å². The summed E-state index contributed by atoms with van der Waals surface area (Å²) in [6, 6.07) is 15.3. The minimum Gasteiger partial charge on any atom is -0.496 e. The summed E-state index contributed by atoms with van der Waals surface area (Å²) in [6.45, 7) is 7.09. The van der Waals surface area contributed by atoms with Crippen molar-refractivity contribution in [2.45, 2.75) is 103 Å². The second-order valence-corrected chi connectivity index (χ2v) is 13.7. The molecule has 0 radical (unpaired) electrons. The lowest BCUT2D eigenvalue weighted by Crippen LogP contribution is -2.44. The standard InChI is InChI=1S/C38H52N4O4/c1-26(2)42-25-33(23-39-42)31-7-5-8-35(22-31)41(38(45)30-14-17-34(18-15-30)40-37(44)9-6-20-43)24-28-10-12-29(13-11-28)32-16-19-36(46-4)27(3)21-32/h5,7-8,16,19,21-23,25-26,28-30,34,43H,6,9-15,17-18,20,24H2,1-4H3,(H,40,44). The van der Waals surface area contributed by atoms with Crippen molar-refractivity contribution >= 4 is 17.5 Å². The van der Waals surface area contributed by atoms with E-state index in [9.17, 15) is 9.59 Å². The van der Waals surface area contributed by atoms with Crippen molar-refractivity contribution in [2.24, 2.45) is 11.8 Å². The van der Waals surface area contributed by atoms with E-state index in [1.807, 2.05) is 10.9 Å². The molecule has 0 bridgehead atoms. The van der Waals surface area contributed by atoms with Gasteiger partial charge in [-0.3, -0.25) is 14.3 Å². The van der Waals surface area contributed by atoms with Crippen molar-refractivity contribution in [1.29, 1.82) is 0 Å². The number of nitrogens with one attached hydrogen (secondary N) is 1. The molecule has 8 heteroatoms. The molecule has 2 amide bonds. The van der Waals surface area contributed by atoms with Crippen LogP contribution in [0.15, 0.2) is 54.9 Å². The van der Waals surface area contributed by atoms with E-state index in [-0.39, 0.29) is 36.4 Å². The number of aromatic nitrogens is 2. The molecule has 2 aromatic carbocycles. The molecule has 2 saturated carbocycles. The van der Waals surface area contributed by atoms with Gasteiger partial charge in [-0.15, -0.1) is 0 Å². The Morgan fingerprint density at radius 2 is 1.78 bits per heavy atom. The maximum Gasteiger partial charge on any atom is 0.230 e. The Labute approximate surface area is 274 Å². The number of methoxy groups -OCH3 is 1. The minimum atomic E-state index is -0.0587. The van der Waals surface area contributed by atoms with Gasteiger partial charge in [0, 0.05) is 55.0 Å². The number of amides is 2. The highest BCUT2D eigenvalue weighted by Gasteiger charge is 2.33. The second kappa shape index (κ2) is 15.8. The highest BCUT2D eigenvalue weighted by molar-refractivity contribution is 5.95. The first-order valence-corrected chi connectivity index (χ1v) is 17.3. The molecule has 5 rings (SSSR count). The Balaban J connectivity index is 1.30. The number of carbonyl (C=O) groups is 2. The number of aryl methyl sites for hydroxylation is 1. The molecular formula is C38H52N4O4. The van der Waals surface area contributed by atoms with Crippen LogP contribution in [0.5, 0.6) is 5.75 Å². The summed E-state index contributed by atoms with van der Waals surface area (Å²) in [5.41, 5.74) is 5.63. The van der Waals surface area contributed by atoms with Gasteiger partial charge in [-0.25, -0.2) is 0 Å². The van der Waals surface area contributed by atoms with Crippen LogP contribution >= 0.6 is 0 Å². The molecule has 2 N–H and O–H groups in total. The summed E-state index contributed by atoms with van der Waals surface area (Å²) in [6.07, 6.45) is 12.4. The van der Waals surface area contributed by atoms with E-state index < -0.39 is 0 Å². The SMILES string of the molecule is COc1ccc(C2CCC(CN(C(=O)C3CCC(NC(=O)CCCO)CC3)c3cccc(-c4cnn(C(C)C)c4)c3)CC2)cc1C. The van der Waals surface area contributed by atoms with Gasteiger partial charge in [0.05, 0.1) is 13.3 Å². The van der Waals surface area contributed by atoms with Crippen LogP contribution in [0.25, 0.3) is 11.1 Å². The quantitative estimate of drug-likeness (QED) is 0.221. The second-order valence-electron chi connectivity index (χ2n) is 13.7. The zero-order valence-corrected chi connectivity index (χ0v) is 28.1. The van der Waals surface area contributed by atoms with Gasteiger partial charge in [-0.2, -0.15) is 5.10 Å². The Kier molecular flexibility index (Phi) is 11.6. The number of anilines is 1. The molecule has 8 nitrogen and oxygen atoms in total. The number of nitrogens with zero attached hydrogens (tertiary/aromatic N) is 3. The van der Waals surface area contributed by atoms with Crippen LogP contribution in [0.4, 0.5) is 5.69 Å². The number of hydrogen-bond acceptors (Lipinski definition) is 5. The lowest BCUT2D eigenvalue weighted by molar-refractivity contribution is -0.124. The fourth-order valence-corrected chi connectivity index (χ4v) is 7.28. The smallest absolute Gasteiger partial charge is 0.230 e. The van der Waals surface area contributed by atoms with Crippen LogP contribution < -0.4 is 15.0 Å². The molecule has 2 fully saturated rings. The third-order valence-corrected chi connectivity index (χ3v) is 10.1. The van der Waals surface area contributed by atoms with Crippen LogP contribution in [0.1, 0.15) is 101 Å². The van der Waals surface area contributed by atoms with Gasteiger partial charge in [-0.1, -0.05) is 24.3 Å². The topological polar surface area (TPSA) is 96.7 Å². The third-order valence-electron chi connectivity index (χ3n) is 10.1. The summed E-state index contributed by atoms with van der Waals surface area (Å²) in [7, 11) is 1.72. The number of rotatable bonds is 12. The molecule has 2 aliphatic carbocycles. The van der Waals surface area contributed by atoms with Gasteiger partial charge in [0.15, 0.2) is 0 Å². The summed E-state index contributed by atoms with van der Waals surface area (Å²) in [5.74, 6) is 2.04. The van der Waals surface area contributed by atoms with Gasteiger partial charge in [0.1, 0.15) is 5.75 Å². The number of benzene rings is 2. The molecule has 2 aliphatic rings. The van der Waals surface area contributed by atoms with E-state index in [1.54, 1.807) is 7.11 Å². The number of aliphatic hydroxyl groups excluding tert-OH is 1. The fraction of sp³-hybridized carbons (Fsp3) is 0.553. The van der Waals surface area contributed by atoms with Gasteiger partial charge in [0.2, 0.25) is 11.8 Å². The third kappa shape index (κ3) is 8.38. The predicted molar refractivity (Wildman–Crippen MR) is 183 cm³/mol. The predicted octanol–water partition coefficient (Wildman–Crippen LogP) is 7.20. The molecule has 248 valence electrons. The largest absolute Gasteiger partial charge is 0.496 e. The molecule has 1 aromatic heterocycles. The van der Waals surface area contributed by atoms with Crippen molar-refractivity contribution in [3.05, 3.63) is 66.0 Å². The van der Waals surface area contributed by atoms with Gasteiger partial charge >= 0.3 is 0 Å². The van der Waals surface area contributed by atoms with Crippen LogP contribution in [0, 0.1) is 18.8 Å². The monoisotopic (exact) mass is 628 g/mol. The molecule has 1 heterocycles. The van der Waals surface area contributed by atoms with E-state index in [0.717, 1.165) is 80.5 Å². The number of hydrogen-bond donors (Lipinski definition) is 2. The number of aliphatic hydroxyl groups is 1. The summed E-state index contributed by atoms with van der Waals surface area (Å²) in [4.78, 5) is 28.7. The Bertz CT molecular complexity index is 1450. The fourth-order valence-electron chi connectivity index (χ4n) is 7.28. The van der Waals surface area contributed by atoms with Crippen LogP contribution in [0.3, 0.4) is 0 Å². The Morgan fingerprint density at radius 3 is 2.43 bits per heavy atom. The minimum absolute atomic E-state index is 0.0107. The first-order valence-electron chi connectivity index (χ1n) is 17.3. The lowest BCUT2D eigenvalue weighted by Gasteiger charge is -2.36. The normalized spacial score (nSPS) is 21.6. The van der Waals surface area contributed by atoms with Crippen molar-refractivity contribution in [3.8, 4) is 16.9 Å². The summed E-state index contributed by atoms with van der Waals surface area (Å²) < 4.78 is 7.45. The highest BCUT2D eigenvalue weighted by Crippen LogP contribution is 2.39. The summed E-state index contributed by atoms with van der Waals surface area (Å²) >= 11 is 0. The average molecular weight is 629 g/mol. The van der Waals surface area contributed by atoms with Crippen LogP contribution in [-0.2, 0) is 9.59 Å². The van der Waals surface area contributed by atoms with Crippen molar-refractivity contribution in [2.75, 3.05) is 25.2 Å². The van der Waals surface area contributed by atoms with E-state index >= 15 is 0 Å². The molecule has 46 heavy (non-hydrogen) atoms. The first kappa shape index (κ1) is 33.7. The number of carbonyl (C=O) groups excluding carboxylic acids is 2. The highest BCUT2D eigenvalue weighted by atomic mass is 16.5. The number of ether oxygens (including phenoxy) is 1. The molecular weight excluding hydrogens is 576 g/mol. The Hall–Kier alpha value is -3.65. The lowest BCUT2D eigenvalue weighted by atomic mass is 9.78. The van der Waals surface area contributed by atoms with Crippen molar-refractivity contribution < 1.29 is 19.4 Å². The summed E-state index contributed by atoms with van der Waals surface area (Å²) in [5, 5.41) is 16.7. The van der Waals surface area contributed by atoms with E-state index in [0.29, 0.717) is 24.7 Å². The van der Waals surface area contributed by atoms with E-state index in [1.165, 1.54) is 11.1 Å². The zero-order chi connectivity index (χ0) is 32.6. The molecule has 0 unspecified atom stereocenters. The van der Waals surface area contributed by atoms with E-state index in [4.69, 9.17) is 9.84 Å². The van der Waals surface area contributed by atoms with Gasteiger partial charge in [-0.05, 0) is 125 Å². The van der Waals surface area contributed by atoms with Crippen LogP contribution in [-0.4, -0.2) is 53.0 Å². The Morgan fingerprint density at radius 1 is 1.02 bits per heavy atom. The first-order chi connectivity index (χ1) is 22.2. The van der Waals surface area contributed by atoms with Crippen molar-refractivity contribution in [3.63, 3.8) is 0 Å². The maximum atomic E-state index is 14.4. The molecule has 0 atom stereocenters. The van der Waals surface area contributed by atoms with Crippen molar-refractivity contribution in [1.82, 2.24) is 15.1 Å².